The molecule has 1 atom stereocenters. The van der Waals surface area contributed by atoms with E-state index in [1.165, 1.54) is 5.56 Å². The molecule has 0 bridgehead atoms. The van der Waals surface area contributed by atoms with Crippen LogP contribution < -0.4 is 5.32 Å². The van der Waals surface area contributed by atoms with Crippen LogP contribution in [0.15, 0.2) is 48.8 Å². The van der Waals surface area contributed by atoms with Gasteiger partial charge in [0, 0.05) is 29.5 Å². The molecule has 0 saturated carbocycles. The van der Waals surface area contributed by atoms with Crippen molar-refractivity contribution >= 4 is 11.5 Å². The number of rotatable bonds is 4. The summed E-state index contributed by atoms with van der Waals surface area (Å²) in [5, 5.41) is 16.7. The Labute approximate surface area is 164 Å². The Bertz CT molecular complexity index is 1100. The predicted octanol–water partition coefficient (Wildman–Crippen LogP) is 4.09. The molecule has 7 heteroatoms. The second-order valence-electron chi connectivity index (χ2n) is 8.06. The van der Waals surface area contributed by atoms with Gasteiger partial charge in [-0.05, 0) is 43.7 Å². The predicted molar refractivity (Wildman–Crippen MR) is 110 cm³/mol. The number of nitrogens with zero attached hydrogens (tertiary/aromatic N) is 6. The minimum absolute atomic E-state index is 0.109. The summed E-state index contributed by atoms with van der Waals surface area (Å²) < 4.78 is 3.89. The van der Waals surface area contributed by atoms with Gasteiger partial charge in [0.05, 0.1) is 0 Å². The zero-order valence-electron chi connectivity index (χ0n) is 16.9. The van der Waals surface area contributed by atoms with E-state index in [9.17, 15) is 0 Å². The van der Waals surface area contributed by atoms with Crippen LogP contribution in [0.1, 0.15) is 50.9 Å². The fourth-order valence-electron chi connectivity index (χ4n) is 3.21. The molecule has 28 heavy (non-hydrogen) atoms. The molecule has 0 spiro atoms. The van der Waals surface area contributed by atoms with Gasteiger partial charge in [0.1, 0.15) is 11.6 Å². The lowest BCUT2D eigenvalue weighted by atomic mass is 9.96. The van der Waals surface area contributed by atoms with Crippen LogP contribution in [0, 0.1) is 6.92 Å². The number of hydrogen-bond donors (Lipinski definition) is 1. The van der Waals surface area contributed by atoms with Crippen LogP contribution in [0.5, 0.6) is 0 Å². The third-order valence-electron chi connectivity index (χ3n) is 4.80. The number of aryl methyl sites for hydroxylation is 1. The van der Waals surface area contributed by atoms with E-state index in [1.807, 2.05) is 36.0 Å². The molecule has 144 valence electrons. The highest BCUT2D eigenvalue weighted by molar-refractivity contribution is 5.46. The Balaban J connectivity index is 1.56. The minimum atomic E-state index is -0.127. The maximum atomic E-state index is 4.71. The second-order valence-corrected chi connectivity index (χ2v) is 8.06. The van der Waals surface area contributed by atoms with Crippen molar-refractivity contribution in [3.63, 3.8) is 0 Å². The van der Waals surface area contributed by atoms with Crippen molar-refractivity contribution < 1.29 is 0 Å². The summed E-state index contributed by atoms with van der Waals surface area (Å²) in [5.74, 6) is 2.61. The molecule has 7 nitrogen and oxygen atoms in total. The summed E-state index contributed by atoms with van der Waals surface area (Å²) in [6.45, 7) is 10.4. The number of nitrogens with one attached hydrogen (secondary N) is 1. The quantitative estimate of drug-likeness (QED) is 0.582. The van der Waals surface area contributed by atoms with Crippen LogP contribution in [0.25, 0.3) is 11.3 Å². The Kier molecular flexibility index (Phi) is 4.37. The molecular formula is C21H25N7. The highest BCUT2D eigenvalue weighted by Crippen LogP contribution is 2.23. The monoisotopic (exact) mass is 375 g/mol. The van der Waals surface area contributed by atoms with Gasteiger partial charge in [-0.15, -0.1) is 15.3 Å². The fraction of sp³-hybridized carbons (Fsp3) is 0.333. The molecule has 0 amide bonds. The highest BCUT2D eigenvalue weighted by atomic mass is 15.4. The molecule has 1 unspecified atom stereocenters. The molecule has 0 fully saturated rings. The van der Waals surface area contributed by atoms with Crippen molar-refractivity contribution in [2.24, 2.45) is 0 Å². The minimum Gasteiger partial charge on any atom is -0.362 e. The van der Waals surface area contributed by atoms with Crippen LogP contribution in [0.4, 0.5) is 5.82 Å². The third kappa shape index (κ3) is 3.35. The maximum absolute atomic E-state index is 4.71. The smallest absolute Gasteiger partial charge is 0.178 e. The molecule has 0 aliphatic carbocycles. The molecule has 3 aromatic heterocycles. The summed E-state index contributed by atoms with van der Waals surface area (Å²) in [4.78, 5) is 4.28. The second kappa shape index (κ2) is 6.74. The molecule has 4 rings (SSSR count). The Morgan fingerprint density at radius 1 is 1.00 bits per heavy atom. The SMILES string of the molecule is Cc1nccn1-c1ccc(C(C)Nc2ccc3nnc(C(C)(C)C)n3n2)cc1. The summed E-state index contributed by atoms with van der Waals surface area (Å²) in [6, 6.07) is 12.5. The molecule has 0 radical (unpaired) electrons. The van der Waals surface area contributed by atoms with Crippen molar-refractivity contribution in [1.29, 1.82) is 0 Å². The molecule has 0 aliphatic rings. The average molecular weight is 375 g/mol. The van der Waals surface area contributed by atoms with E-state index in [0.29, 0.717) is 0 Å². The number of anilines is 1. The van der Waals surface area contributed by atoms with Crippen molar-refractivity contribution in [3.05, 3.63) is 66.0 Å². The number of fused-ring (bicyclic) bond motifs is 1. The van der Waals surface area contributed by atoms with E-state index >= 15 is 0 Å². The van der Waals surface area contributed by atoms with Gasteiger partial charge in [0.2, 0.25) is 0 Å². The Morgan fingerprint density at radius 2 is 1.75 bits per heavy atom. The van der Waals surface area contributed by atoms with Crippen LogP contribution >= 0.6 is 0 Å². The number of aromatic nitrogens is 6. The molecule has 4 aromatic rings. The summed E-state index contributed by atoms with van der Waals surface area (Å²) >= 11 is 0. The largest absolute Gasteiger partial charge is 0.362 e. The van der Waals surface area contributed by atoms with Crippen molar-refractivity contribution in [3.8, 4) is 5.69 Å². The van der Waals surface area contributed by atoms with Gasteiger partial charge in [-0.1, -0.05) is 32.9 Å². The Hall–Kier alpha value is -3.22. The average Bonchev–Trinajstić information content (AvgIpc) is 3.27. The first-order valence-electron chi connectivity index (χ1n) is 9.43. The molecule has 1 aromatic carbocycles. The summed E-state index contributed by atoms with van der Waals surface area (Å²) in [7, 11) is 0. The van der Waals surface area contributed by atoms with Gasteiger partial charge in [0.25, 0.3) is 0 Å². The lowest BCUT2D eigenvalue weighted by molar-refractivity contribution is 0.527. The standard InChI is InChI=1S/C21H25N7/c1-14(16-6-8-17(9-7-16)27-13-12-22-15(27)2)23-18-10-11-19-24-25-20(21(3,4)5)28(19)26-18/h6-14H,1-5H3,(H,23,26). The van der Waals surface area contributed by atoms with Gasteiger partial charge in [-0.2, -0.15) is 4.52 Å². The van der Waals surface area contributed by atoms with E-state index in [-0.39, 0.29) is 11.5 Å². The van der Waals surface area contributed by atoms with Crippen molar-refractivity contribution in [2.45, 2.75) is 46.1 Å². The van der Waals surface area contributed by atoms with Gasteiger partial charge in [0.15, 0.2) is 11.5 Å². The zero-order valence-corrected chi connectivity index (χ0v) is 16.9. The Morgan fingerprint density at radius 3 is 2.39 bits per heavy atom. The summed E-state index contributed by atoms with van der Waals surface area (Å²) in [5.41, 5.74) is 2.91. The van der Waals surface area contributed by atoms with Gasteiger partial charge < -0.3 is 9.88 Å². The molecule has 1 N–H and O–H groups in total. The summed E-state index contributed by atoms with van der Waals surface area (Å²) in [6.07, 6.45) is 3.78. The van der Waals surface area contributed by atoms with Crippen LogP contribution in [-0.2, 0) is 5.41 Å². The van der Waals surface area contributed by atoms with Gasteiger partial charge >= 0.3 is 0 Å². The lowest BCUT2D eigenvalue weighted by Crippen LogP contribution is -2.18. The molecular weight excluding hydrogens is 350 g/mol. The number of imidazole rings is 1. The zero-order chi connectivity index (χ0) is 19.9. The van der Waals surface area contributed by atoms with Crippen molar-refractivity contribution in [1.82, 2.24) is 29.4 Å². The van der Waals surface area contributed by atoms with Gasteiger partial charge in [-0.25, -0.2) is 4.98 Å². The number of hydrogen-bond acceptors (Lipinski definition) is 5. The number of benzene rings is 1. The first-order chi connectivity index (χ1) is 13.3. The highest BCUT2D eigenvalue weighted by Gasteiger charge is 2.22. The van der Waals surface area contributed by atoms with E-state index < -0.39 is 0 Å². The van der Waals surface area contributed by atoms with Crippen LogP contribution in [0.3, 0.4) is 0 Å². The third-order valence-corrected chi connectivity index (χ3v) is 4.80. The first kappa shape index (κ1) is 18.2. The first-order valence-corrected chi connectivity index (χ1v) is 9.43. The van der Waals surface area contributed by atoms with Crippen LogP contribution in [-0.4, -0.2) is 29.4 Å². The molecule has 0 aliphatic heterocycles. The molecule has 3 heterocycles. The van der Waals surface area contributed by atoms with Crippen LogP contribution in [0.2, 0.25) is 0 Å². The normalized spacial score (nSPS) is 13.0. The van der Waals surface area contributed by atoms with Crippen molar-refractivity contribution in [2.75, 3.05) is 5.32 Å². The lowest BCUT2D eigenvalue weighted by Gasteiger charge is -2.17. The van der Waals surface area contributed by atoms with E-state index in [2.05, 4.69) is 77.0 Å². The van der Waals surface area contributed by atoms with E-state index in [4.69, 9.17) is 5.10 Å². The topological polar surface area (TPSA) is 72.9 Å². The maximum Gasteiger partial charge on any atom is 0.178 e. The van der Waals surface area contributed by atoms with E-state index in [1.54, 1.807) is 0 Å². The van der Waals surface area contributed by atoms with E-state index in [0.717, 1.165) is 28.8 Å². The molecule has 0 saturated heterocycles. The van der Waals surface area contributed by atoms with Gasteiger partial charge in [-0.3, -0.25) is 0 Å². The fourth-order valence-corrected chi connectivity index (χ4v) is 3.21.